The van der Waals surface area contributed by atoms with E-state index in [-0.39, 0.29) is 30.4 Å². The van der Waals surface area contributed by atoms with Crippen LogP contribution in [0.5, 0.6) is 5.75 Å². The lowest BCUT2D eigenvalue weighted by molar-refractivity contribution is -0.697. The third kappa shape index (κ3) is 4.07. The van der Waals surface area contributed by atoms with Crippen molar-refractivity contribution in [2.45, 2.75) is 12.3 Å². The number of para-hydroxylation sites is 2. The van der Waals surface area contributed by atoms with Crippen LogP contribution in [0.25, 0.3) is 0 Å². The van der Waals surface area contributed by atoms with Crippen molar-refractivity contribution in [3.8, 4) is 5.75 Å². The van der Waals surface area contributed by atoms with Crippen molar-refractivity contribution in [3.05, 3.63) is 64.2 Å². The van der Waals surface area contributed by atoms with E-state index in [1.165, 1.54) is 6.07 Å². The molecule has 0 radical (unpaired) electrons. The van der Waals surface area contributed by atoms with Crippen LogP contribution in [0.1, 0.15) is 11.8 Å². The van der Waals surface area contributed by atoms with E-state index in [1.807, 2.05) is 19.0 Å². The average Bonchev–Trinajstić information content (AvgIpc) is 3.09. The second-order valence-corrected chi connectivity index (χ2v) is 6.17. The number of anilines is 1. The minimum atomic E-state index is -0.438. The molecule has 0 amide bonds. The van der Waals surface area contributed by atoms with Gasteiger partial charge >= 0.3 is 5.69 Å². The monoisotopic (exact) mass is 344 g/mol. The molecular weight excluding hydrogens is 322 g/mol. The molecule has 1 heterocycles. The van der Waals surface area contributed by atoms with E-state index >= 15 is 0 Å². The maximum absolute atomic E-state index is 11.0. The van der Waals surface area contributed by atoms with Gasteiger partial charge in [-0.15, -0.1) is 0 Å². The molecular formula is C18H22N3O4+. The lowest BCUT2D eigenvalue weighted by Crippen LogP contribution is -2.82. The molecule has 7 heteroatoms. The van der Waals surface area contributed by atoms with E-state index in [1.54, 1.807) is 18.2 Å². The Morgan fingerprint density at radius 3 is 2.64 bits per heavy atom. The Labute approximate surface area is 146 Å². The Morgan fingerprint density at radius 1 is 1.24 bits per heavy atom. The highest BCUT2D eigenvalue weighted by Crippen LogP contribution is 2.26. The summed E-state index contributed by atoms with van der Waals surface area (Å²) in [7, 11) is 4.01. The number of rotatable bonds is 6. The van der Waals surface area contributed by atoms with Gasteiger partial charge in [-0.2, -0.15) is 0 Å². The van der Waals surface area contributed by atoms with Crippen molar-refractivity contribution in [1.29, 1.82) is 0 Å². The van der Waals surface area contributed by atoms with Gasteiger partial charge in [-0.1, -0.05) is 12.1 Å². The SMILES string of the molecule is CN(C)c1ccc([C@H]2[NH2+]C[C@H](COc3ccccc3[N+](=O)[O-])O2)cc1. The quantitative estimate of drug-likeness (QED) is 0.637. The summed E-state index contributed by atoms with van der Waals surface area (Å²) in [6.07, 6.45) is -0.186. The predicted octanol–water partition coefficient (Wildman–Crippen LogP) is 1.70. The maximum atomic E-state index is 11.0. The standard InChI is InChI=1S/C18H21N3O4/c1-20(2)14-9-7-13(8-10-14)18-19-11-15(25-18)12-24-17-6-4-3-5-16(17)21(22)23/h3-10,15,18-19H,11-12H2,1-2H3/p+1/t15-,18+/m1/s1. The number of hydrogen-bond donors (Lipinski definition) is 1. The molecule has 2 N–H and O–H groups in total. The van der Waals surface area contributed by atoms with Gasteiger partial charge in [0.25, 0.3) is 0 Å². The zero-order valence-corrected chi connectivity index (χ0v) is 14.3. The molecule has 132 valence electrons. The van der Waals surface area contributed by atoms with Gasteiger partial charge in [0.05, 0.1) is 4.92 Å². The molecule has 1 aliphatic heterocycles. The average molecular weight is 344 g/mol. The minimum Gasteiger partial charge on any atom is -0.484 e. The van der Waals surface area contributed by atoms with Crippen molar-refractivity contribution in [1.82, 2.24) is 0 Å². The highest BCUT2D eigenvalue weighted by molar-refractivity contribution is 5.46. The van der Waals surface area contributed by atoms with Gasteiger partial charge < -0.3 is 19.7 Å². The Bertz CT molecular complexity index is 733. The first kappa shape index (κ1) is 17.2. The molecule has 0 aliphatic carbocycles. The first-order valence-corrected chi connectivity index (χ1v) is 8.17. The molecule has 1 aliphatic rings. The van der Waals surface area contributed by atoms with Gasteiger partial charge in [-0.25, -0.2) is 0 Å². The van der Waals surface area contributed by atoms with Crippen LogP contribution in [0.15, 0.2) is 48.5 Å². The van der Waals surface area contributed by atoms with E-state index < -0.39 is 4.92 Å². The summed E-state index contributed by atoms with van der Waals surface area (Å²) in [5.74, 6) is 0.273. The van der Waals surface area contributed by atoms with Gasteiger partial charge in [0, 0.05) is 31.4 Å². The lowest BCUT2D eigenvalue weighted by Gasteiger charge is -2.14. The van der Waals surface area contributed by atoms with Gasteiger partial charge in [-0.05, 0) is 30.3 Å². The van der Waals surface area contributed by atoms with Crippen molar-refractivity contribution in [2.75, 3.05) is 32.1 Å². The molecule has 0 spiro atoms. The molecule has 1 saturated heterocycles. The summed E-state index contributed by atoms with van der Waals surface area (Å²) in [5, 5.41) is 13.1. The van der Waals surface area contributed by atoms with Crippen LogP contribution in [-0.4, -0.2) is 38.3 Å². The fourth-order valence-corrected chi connectivity index (χ4v) is 2.79. The van der Waals surface area contributed by atoms with E-state index in [0.29, 0.717) is 0 Å². The first-order chi connectivity index (χ1) is 12.0. The summed E-state index contributed by atoms with van der Waals surface area (Å²) in [6.45, 7) is 1.04. The van der Waals surface area contributed by atoms with Crippen LogP contribution < -0.4 is 15.0 Å². The second kappa shape index (κ2) is 7.50. The smallest absolute Gasteiger partial charge is 0.310 e. The molecule has 2 aromatic rings. The van der Waals surface area contributed by atoms with Gasteiger partial charge in [0.15, 0.2) is 5.75 Å². The molecule has 0 unspecified atom stereocenters. The summed E-state index contributed by atoms with van der Waals surface area (Å²) >= 11 is 0. The summed E-state index contributed by atoms with van der Waals surface area (Å²) < 4.78 is 11.6. The normalized spacial score (nSPS) is 19.6. The van der Waals surface area contributed by atoms with Crippen LogP contribution in [0, 0.1) is 10.1 Å². The zero-order chi connectivity index (χ0) is 17.8. The maximum Gasteiger partial charge on any atom is 0.310 e. The minimum absolute atomic E-state index is 0.0275. The van der Waals surface area contributed by atoms with Crippen LogP contribution in [0.3, 0.4) is 0 Å². The summed E-state index contributed by atoms with van der Waals surface area (Å²) in [5.41, 5.74) is 2.21. The predicted molar refractivity (Wildman–Crippen MR) is 93.8 cm³/mol. The van der Waals surface area contributed by atoms with Crippen molar-refractivity contribution in [2.24, 2.45) is 0 Å². The fourth-order valence-electron chi connectivity index (χ4n) is 2.79. The number of nitrogens with two attached hydrogens (primary N) is 1. The molecule has 2 atom stereocenters. The Balaban J connectivity index is 1.57. The van der Waals surface area contributed by atoms with E-state index in [0.717, 1.165) is 17.8 Å². The first-order valence-electron chi connectivity index (χ1n) is 8.17. The van der Waals surface area contributed by atoms with Gasteiger partial charge in [-0.3, -0.25) is 10.1 Å². The third-order valence-electron chi connectivity index (χ3n) is 4.18. The number of nitrogens with zero attached hydrogens (tertiary/aromatic N) is 2. The van der Waals surface area contributed by atoms with Crippen LogP contribution >= 0.6 is 0 Å². The van der Waals surface area contributed by atoms with Crippen molar-refractivity contribution < 1.29 is 19.7 Å². The highest BCUT2D eigenvalue weighted by atomic mass is 16.6. The number of ether oxygens (including phenoxy) is 2. The molecule has 3 rings (SSSR count). The van der Waals surface area contributed by atoms with Crippen molar-refractivity contribution >= 4 is 11.4 Å². The van der Waals surface area contributed by atoms with E-state index in [4.69, 9.17) is 9.47 Å². The molecule has 25 heavy (non-hydrogen) atoms. The lowest BCUT2D eigenvalue weighted by atomic mass is 10.2. The molecule has 1 fully saturated rings. The fraction of sp³-hybridized carbons (Fsp3) is 0.333. The topological polar surface area (TPSA) is 81.5 Å². The Morgan fingerprint density at radius 2 is 1.96 bits per heavy atom. The number of hydrogen-bond acceptors (Lipinski definition) is 5. The molecule has 0 saturated carbocycles. The number of nitro benzene ring substituents is 1. The van der Waals surface area contributed by atoms with Crippen LogP contribution in [0.4, 0.5) is 11.4 Å². The van der Waals surface area contributed by atoms with E-state index in [2.05, 4.69) is 29.6 Å². The number of nitro groups is 1. The zero-order valence-electron chi connectivity index (χ0n) is 14.3. The van der Waals surface area contributed by atoms with E-state index in [9.17, 15) is 10.1 Å². The van der Waals surface area contributed by atoms with Crippen molar-refractivity contribution in [3.63, 3.8) is 0 Å². The molecule has 0 bridgehead atoms. The third-order valence-corrected chi connectivity index (χ3v) is 4.18. The number of benzene rings is 2. The molecule has 0 aromatic heterocycles. The number of quaternary nitrogens is 1. The second-order valence-electron chi connectivity index (χ2n) is 6.17. The Kier molecular flexibility index (Phi) is 5.16. The van der Waals surface area contributed by atoms with Crippen LogP contribution in [0.2, 0.25) is 0 Å². The summed E-state index contributed by atoms with van der Waals surface area (Å²) in [6, 6.07) is 14.6. The molecule has 2 aromatic carbocycles. The van der Waals surface area contributed by atoms with Gasteiger partial charge in [0.2, 0.25) is 6.23 Å². The summed E-state index contributed by atoms with van der Waals surface area (Å²) in [4.78, 5) is 12.6. The Hall–Kier alpha value is -2.64. The van der Waals surface area contributed by atoms with Crippen LogP contribution in [-0.2, 0) is 4.74 Å². The highest BCUT2D eigenvalue weighted by Gasteiger charge is 2.31. The van der Waals surface area contributed by atoms with Gasteiger partial charge in [0.1, 0.15) is 19.3 Å². The largest absolute Gasteiger partial charge is 0.484 e. The molecule has 7 nitrogen and oxygen atoms in total.